The molecule has 0 amide bonds. The number of fused-ring (bicyclic) bond motifs is 6. The molecule has 9 aromatic rings. The highest BCUT2D eigenvalue weighted by Crippen LogP contribution is 2.49. The minimum Gasteiger partial charge on any atom is -0.456 e. The van der Waals surface area contributed by atoms with Crippen LogP contribution in [0.5, 0.6) is 0 Å². The Bertz CT molecular complexity index is 2970. The van der Waals surface area contributed by atoms with Gasteiger partial charge in [-0.3, -0.25) is 0 Å². The monoisotopic (exact) mass is 688 g/mol. The van der Waals surface area contributed by atoms with Crippen LogP contribution >= 0.6 is 0 Å². The Labute approximate surface area is 300 Å². The van der Waals surface area contributed by atoms with Gasteiger partial charge < -0.3 is 4.42 Å². The van der Waals surface area contributed by atoms with Crippen molar-refractivity contribution in [3.05, 3.63) is 170 Å². The van der Waals surface area contributed by atoms with Crippen molar-refractivity contribution in [2.24, 2.45) is 0 Å². The van der Waals surface area contributed by atoms with E-state index in [0.717, 1.165) is 66.7 Å². The molecule has 0 saturated heterocycles. The molecule has 0 saturated carbocycles. The average Bonchev–Trinajstić information content (AvgIpc) is 3.69. The van der Waals surface area contributed by atoms with E-state index < -0.39 is 9.84 Å². The van der Waals surface area contributed by atoms with Crippen LogP contribution < -0.4 is 0 Å². The predicted molar refractivity (Wildman–Crippen MR) is 207 cm³/mol. The maximum atomic E-state index is 14.3. The number of furan rings is 1. The van der Waals surface area contributed by atoms with Gasteiger partial charge in [0.1, 0.15) is 11.2 Å². The van der Waals surface area contributed by atoms with Crippen LogP contribution in [-0.2, 0) is 9.84 Å². The van der Waals surface area contributed by atoms with Gasteiger partial charge in [0.2, 0.25) is 9.84 Å². The van der Waals surface area contributed by atoms with Crippen LogP contribution in [0.25, 0.3) is 89.2 Å². The number of nitrogens with zero attached hydrogens (tertiary/aromatic N) is 2. The first-order chi connectivity index (χ1) is 25.5. The molecule has 246 valence electrons. The lowest BCUT2D eigenvalue weighted by molar-refractivity contribution is 0.598. The van der Waals surface area contributed by atoms with Gasteiger partial charge in [0.25, 0.3) is 0 Å². The van der Waals surface area contributed by atoms with Crippen molar-refractivity contribution in [1.29, 1.82) is 0 Å². The van der Waals surface area contributed by atoms with Crippen LogP contribution in [0.3, 0.4) is 0 Å². The van der Waals surface area contributed by atoms with E-state index in [1.54, 1.807) is 18.2 Å². The van der Waals surface area contributed by atoms with Crippen LogP contribution in [-0.4, -0.2) is 18.4 Å². The Morgan fingerprint density at radius 2 is 1.02 bits per heavy atom. The molecule has 1 aliphatic heterocycles. The van der Waals surface area contributed by atoms with Gasteiger partial charge in [-0.1, -0.05) is 115 Å². The van der Waals surface area contributed by atoms with Gasteiger partial charge in [0.05, 0.1) is 32.6 Å². The summed E-state index contributed by atoms with van der Waals surface area (Å²) < 4.78 is 34.8. The second kappa shape index (κ2) is 11.7. The van der Waals surface area contributed by atoms with Crippen molar-refractivity contribution >= 4 is 31.8 Å². The second-order valence-corrected chi connectivity index (χ2v) is 14.9. The molecular formula is C46H28N2O3S. The molecule has 0 radical (unpaired) electrons. The summed E-state index contributed by atoms with van der Waals surface area (Å²) in [4.78, 5) is 10.6. The summed E-state index contributed by atoms with van der Waals surface area (Å²) in [5, 5.41) is 2.13. The summed E-state index contributed by atoms with van der Waals surface area (Å²) in [5.74, 6) is 0. The predicted octanol–water partition coefficient (Wildman–Crippen LogP) is 11.5. The van der Waals surface area contributed by atoms with Crippen molar-refractivity contribution in [3.8, 4) is 67.3 Å². The Balaban J connectivity index is 1.13. The Morgan fingerprint density at radius 3 is 1.83 bits per heavy atom. The maximum absolute atomic E-state index is 14.3. The van der Waals surface area contributed by atoms with E-state index in [0.29, 0.717) is 22.5 Å². The Kier molecular flexibility index (Phi) is 6.81. The lowest BCUT2D eigenvalue weighted by Gasteiger charge is -2.13. The molecule has 6 aromatic carbocycles. The van der Waals surface area contributed by atoms with Gasteiger partial charge in [0.15, 0.2) is 0 Å². The number of aromatic nitrogens is 2. The largest absolute Gasteiger partial charge is 0.456 e. The van der Waals surface area contributed by atoms with E-state index in [1.165, 1.54) is 0 Å². The van der Waals surface area contributed by atoms with Gasteiger partial charge >= 0.3 is 0 Å². The fourth-order valence-electron chi connectivity index (χ4n) is 7.34. The minimum absolute atomic E-state index is 0.272. The highest BCUT2D eigenvalue weighted by molar-refractivity contribution is 7.92. The smallest absolute Gasteiger partial charge is 0.207 e. The van der Waals surface area contributed by atoms with Crippen LogP contribution in [0.1, 0.15) is 0 Å². The van der Waals surface area contributed by atoms with Crippen molar-refractivity contribution in [2.45, 2.75) is 9.79 Å². The van der Waals surface area contributed by atoms with Gasteiger partial charge in [-0.15, -0.1) is 0 Å². The van der Waals surface area contributed by atoms with E-state index in [1.807, 2.05) is 121 Å². The normalized spacial score (nSPS) is 12.9. The third kappa shape index (κ3) is 4.88. The van der Waals surface area contributed by atoms with Crippen LogP contribution in [0.2, 0.25) is 0 Å². The number of benzene rings is 6. The average molecular weight is 689 g/mol. The molecule has 0 N–H and O–H groups in total. The summed E-state index contributed by atoms with van der Waals surface area (Å²) in [6.45, 7) is 0. The molecule has 0 bridgehead atoms. The number of rotatable bonds is 5. The molecule has 0 aliphatic carbocycles. The molecular weight excluding hydrogens is 661 g/mol. The number of pyridine rings is 2. The lowest BCUT2D eigenvalue weighted by Crippen LogP contribution is -1.98. The first-order valence-electron chi connectivity index (χ1n) is 17.1. The molecule has 0 unspecified atom stereocenters. The summed E-state index contributed by atoms with van der Waals surface area (Å²) in [6.07, 6.45) is 0. The molecule has 5 nitrogen and oxygen atoms in total. The topological polar surface area (TPSA) is 73.1 Å². The van der Waals surface area contributed by atoms with Crippen LogP contribution in [0.15, 0.2) is 184 Å². The summed E-state index contributed by atoms with van der Waals surface area (Å²) in [7, 11) is -3.82. The molecule has 0 fully saturated rings. The van der Waals surface area contributed by atoms with Crippen molar-refractivity contribution in [3.63, 3.8) is 0 Å². The zero-order chi connectivity index (χ0) is 34.8. The summed E-state index contributed by atoms with van der Waals surface area (Å²) in [6, 6.07) is 55.4. The molecule has 10 rings (SSSR count). The lowest BCUT2D eigenvalue weighted by atomic mass is 9.94. The Morgan fingerprint density at radius 1 is 0.385 bits per heavy atom. The SMILES string of the molecule is O=S1(=O)c2cc(-c3cccc(-c4ccccc4)n3)ccc2-c2c(-c3cc(-c4ccc5c(c4)oc4ccccc45)cc(-c4ccccc4)n3)cccc21. The summed E-state index contributed by atoms with van der Waals surface area (Å²) in [5.41, 5.74) is 11.3. The van der Waals surface area contributed by atoms with E-state index in [4.69, 9.17) is 14.4 Å². The highest BCUT2D eigenvalue weighted by atomic mass is 32.2. The third-order valence-corrected chi connectivity index (χ3v) is 11.7. The van der Waals surface area contributed by atoms with Crippen molar-refractivity contribution in [1.82, 2.24) is 9.97 Å². The number of hydrogen-bond donors (Lipinski definition) is 0. The first kappa shape index (κ1) is 30.2. The molecule has 3 aromatic heterocycles. The summed E-state index contributed by atoms with van der Waals surface area (Å²) >= 11 is 0. The third-order valence-electron chi connectivity index (χ3n) is 9.85. The van der Waals surface area contributed by atoms with Crippen molar-refractivity contribution in [2.75, 3.05) is 0 Å². The fraction of sp³-hybridized carbons (Fsp3) is 0. The Hall–Kier alpha value is -6.63. The van der Waals surface area contributed by atoms with Crippen molar-refractivity contribution < 1.29 is 12.8 Å². The number of sulfone groups is 1. The van der Waals surface area contributed by atoms with E-state index in [-0.39, 0.29) is 9.79 Å². The van der Waals surface area contributed by atoms with Gasteiger partial charge in [-0.05, 0) is 65.7 Å². The zero-order valence-electron chi connectivity index (χ0n) is 27.7. The highest BCUT2D eigenvalue weighted by Gasteiger charge is 2.35. The molecule has 1 aliphatic rings. The van der Waals surface area contributed by atoms with E-state index >= 15 is 0 Å². The van der Waals surface area contributed by atoms with Crippen LogP contribution in [0, 0.1) is 0 Å². The second-order valence-electron chi connectivity index (χ2n) is 13.0. The molecule has 4 heterocycles. The number of hydrogen-bond acceptors (Lipinski definition) is 5. The molecule has 0 atom stereocenters. The maximum Gasteiger partial charge on any atom is 0.207 e. The first-order valence-corrected chi connectivity index (χ1v) is 18.5. The number of para-hydroxylation sites is 1. The minimum atomic E-state index is -3.82. The molecule has 52 heavy (non-hydrogen) atoms. The van der Waals surface area contributed by atoms with Gasteiger partial charge in [-0.25, -0.2) is 18.4 Å². The van der Waals surface area contributed by atoms with E-state index in [2.05, 4.69) is 30.3 Å². The van der Waals surface area contributed by atoms with E-state index in [9.17, 15) is 8.42 Å². The standard InChI is InChI=1S/C46H28N2O3S/c49-52(50)44-20-9-16-36(46(44)37-24-22-32(28-45(37)52)39-18-10-17-38(47-39)29-11-3-1-4-12-29)41-26-33(25-40(48-41)30-13-5-2-6-14-30)31-21-23-35-34-15-7-8-19-42(34)51-43(35)27-31/h1-28H. The molecule has 0 spiro atoms. The van der Waals surface area contributed by atoms with Gasteiger partial charge in [-0.2, -0.15) is 0 Å². The zero-order valence-corrected chi connectivity index (χ0v) is 28.5. The van der Waals surface area contributed by atoms with Crippen LogP contribution in [0.4, 0.5) is 0 Å². The van der Waals surface area contributed by atoms with Gasteiger partial charge in [0, 0.05) is 44.2 Å². The molecule has 6 heteroatoms. The fourth-order valence-corrected chi connectivity index (χ4v) is 9.06. The quantitative estimate of drug-likeness (QED) is 0.180.